The lowest BCUT2D eigenvalue weighted by molar-refractivity contribution is -0.137. The maximum Gasteiger partial charge on any atom is 0.223 e. The van der Waals surface area contributed by atoms with Crippen molar-refractivity contribution in [1.29, 1.82) is 0 Å². The van der Waals surface area contributed by atoms with Gasteiger partial charge in [-0.2, -0.15) is 0 Å². The second kappa shape index (κ2) is 8.24. The molecule has 1 saturated carbocycles. The summed E-state index contributed by atoms with van der Waals surface area (Å²) in [6, 6.07) is 11.1. The minimum absolute atomic E-state index is 0.0342. The molecule has 28 heavy (non-hydrogen) atoms. The lowest BCUT2D eigenvalue weighted by atomic mass is 9.88. The highest BCUT2D eigenvalue weighted by molar-refractivity contribution is 5.78. The van der Waals surface area contributed by atoms with Crippen molar-refractivity contribution in [3.63, 3.8) is 0 Å². The number of fused-ring (bicyclic) bond motifs is 1. The largest absolute Gasteiger partial charge is 0.330 e. The number of carbonyl (C=O) groups is 1. The van der Waals surface area contributed by atoms with E-state index in [9.17, 15) is 4.79 Å². The number of likely N-dealkylation sites (tertiary alicyclic amines) is 1. The molecule has 3 aliphatic rings. The molecule has 4 rings (SSSR count). The summed E-state index contributed by atoms with van der Waals surface area (Å²) in [5.41, 5.74) is 1.38. The van der Waals surface area contributed by atoms with E-state index in [1.165, 1.54) is 24.9 Å². The Kier molecular flexibility index (Phi) is 5.73. The van der Waals surface area contributed by atoms with Crippen LogP contribution in [-0.4, -0.2) is 46.9 Å². The first-order valence-electron chi connectivity index (χ1n) is 11.1. The van der Waals surface area contributed by atoms with Gasteiger partial charge in [0.05, 0.1) is 5.54 Å². The lowest BCUT2D eigenvalue weighted by Crippen LogP contribution is -2.54. The molecule has 1 heterocycles. The van der Waals surface area contributed by atoms with Crippen LogP contribution in [0.3, 0.4) is 0 Å². The monoisotopic (exact) mass is 378 g/mol. The molecule has 2 aliphatic carbocycles. The first-order valence-corrected chi connectivity index (χ1v) is 11.1. The fourth-order valence-electron chi connectivity index (χ4n) is 5.34. The van der Waals surface area contributed by atoms with Crippen LogP contribution in [0.5, 0.6) is 0 Å². The zero-order valence-electron chi connectivity index (χ0n) is 17.4. The molecule has 150 valence electrons. The Morgan fingerprint density at radius 2 is 2.11 bits per heavy atom. The number of benzene rings is 1. The van der Waals surface area contributed by atoms with Crippen molar-refractivity contribution in [3.8, 4) is 0 Å². The summed E-state index contributed by atoms with van der Waals surface area (Å²) in [5.74, 6) is 1.40. The Morgan fingerprint density at radius 1 is 1.29 bits per heavy atom. The normalized spacial score (nSPS) is 29.9. The highest BCUT2D eigenvalue weighted by atomic mass is 16.2. The number of carbonyl (C=O) groups excluding carboxylic acids is 1. The van der Waals surface area contributed by atoms with Gasteiger partial charge in [0.2, 0.25) is 5.91 Å². The van der Waals surface area contributed by atoms with Gasteiger partial charge in [0.1, 0.15) is 0 Å². The van der Waals surface area contributed by atoms with E-state index in [1.54, 1.807) is 0 Å². The molecule has 0 N–H and O–H groups in total. The summed E-state index contributed by atoms with van der Waals surface area (Å²) in [6.07, 6.45) is 14.1. The standard InChI is InChI=1S/C25H34N2O/c1-3-24(28)27(25-15-8-7-13-23(25)18-25)20(2)22-12-9-16-26(19-22)17-14-21-10-5-4-6-11-21/h4-8,10-11,13,15,20,22-23H,3,9,12,14,16-19H2,1-2H3. The van der Waals surface area contributed by atoms with Gasteiger partial charge in [-0.25, -0.2) is 0 Å². The number of hydrogen-bond acceptors (Lipinski definition) is 2. The molecule has 0 bridgehead atoms. The van der Waals surface area contributed by atoms with Gasteiger partial charge in [-0.15, -0.1) is 0 Å². The van der Waals surface area contributed by atoms with Gasteiger partial charge in [-0.3, -0.25) is 4.79 Å². The molecule has 1 saturated heterocycles. The molecule has 3 nitrogen and oxygen atoms in total. The van der Waals surface area contributed by atoms with Gasteiger partial charge in [0, 0.05) is 31.5 Å². The average molecular weight is 379 g/mol. The highest BCUT2D eigenvalue weighted by Gasteiger charge is 2.58. The van der Waals surface area contributed by atoms with Crippen LogP contribution in [0.25, 0.3) is 0 Å². The zero-order chi connectivity index (χ0) is 19.6. The zero-order valence-corrected chi connectivity index (χ0v) is 17.4. The van der Waals surface area contributed by atoms with Crippen molar-refractivity contribution >= 4 is 5.91 Å². The van der Waals surface area contributed by atoms with Gasteiger partial charge in [0.25, 0.3) is 0 Å². The summed E-state index contributed by atoms with van der Waals surface area (Å²) < 4.78 is 0. The third kappa shape index (κ3) is 3.82. The van der Waals surface area contributed by atoms with Crippen LogP contribution in [-0.2, 0) is 11.2 Å². The van der Waals surface area contributed by atoms with E-state index < -0.39 is 0 Å². The maximum atomic E-state index is 13.0. The maximum absolute atomic E-state index is 13.0. The van der Waals surface area contributed by atoms with E-state index in [-0.39, 0.29) is 5.54 Å². The number of rotatable bonds is 7. The molecule has 1 amide bonds. The fraction of sp³-hybridized carbons (Fsp3) is 0.560. The van der Waals surface area contributed by atoms with Crippen LogP contribution < -0.4 is 0 Å². The molecule has 1 aromatic rings. The van der Waals surface area contributed by atoms with Crippen molar-refractivity contribution in [2.24, 2.45) is 11.8 Å². The predicted octanol–water partition coefficient (Wildman–Crippen LogP) is 4.45. The van der Waals surface area contributed by atoms with Crippen LogP contribution in [0.1, 0.15) is 45.1 Å². The van der Waals surface area contributed by atoms with Crippen LogP contribution >= 0.6 is 0 Å². The second-order valence-corrected chi connectivity index (χ2v) is 8.84. The molecule has 4 unspecified atom stereocenters. The van der Waals surface area contributed by atoms with Crippen molar-refractivity contribution in [1.82, 2.24) is 9.80 Å². The third-order valence-electron chi connectivity index (χ3n) is 7.08. The Bertz CT molecular complexity index is 740. The van der Waals surface area contributed by atoms with Crippen molar-refractivity contribution in [2.45, 2.75) is 57.5 Å². The number of nitrogens with zero attached hydrogens (tertiary/aromatic N) is 2. The van der Waals surface area contributed by atoms with Crippen LogP contribution in [0.15, 0.2) is 54.6 Å². The Labute approximate surface area is 170 Å². The molecular weight excluding hydrogens is 344 g/mol. The Morgan fingerprint density at radius 3 is 2.86 bits per heavy atom. The van der Waals surface area contributed by atoms with Crippen molar-refractivity contribution < 1.29 is 4.79 Å². The first-order chi connectivity index (χ1) is 13.6. The summed E-state index contributed by atoms with van der Waals surface area (Å²) in [5, 5.41) is 0. The number of amides is 1. The van der Waals surface area contributed by atoms with E-state index in [4.69, 9.17) is 0 Å². The first kappa shape index (κ1) is 19.4. The van der Waals surface area contributed by atoms with Gasteiger partial charge in [0.15, 0.2) is 0 Å². The third-order valence-corrected chi connectivity index (χ3v) is 7.08. The van der Waals surface area contributed by atoms with E-state index in [0.29, 0.717) is 30.2 Å². The molecule has 3 heteroatoms. The molecular formula is C25H34N2O. The Hall–Kier alpha value is -1.87. The van der Waals surface area contributed by atoms with E-state index in [0.717, 1.165) is 25.9 Å². The highest BCUT2D eigenvalue weighted by Crippen LogP contribution is 2.54. The molecule has 1 aromatic carbocycles. The Balaban J connectivity index is 1.42. The predicted molar refractivity (Wildman–Crippen MR) is 115 cm³/mol. The molecule has 0 spiro atoms. The van der Waals surface area contributed by atoms with Crippen LogP contribution in [0.4, 0.5) is 0 Å². The molecule has 2 fully saturated rings. The van der Waals surface area contributed by atoms with Gasteiger partial charge < -0.3 is 9.80 Å². The van der Waals surface area contributed by atoms with Gasteiger partial charge in [-0.05, 0) is 50.6 Å². The van der Waals surface area contributed by atoms with Crippen LogP contribution in [0, 0.1) is 11.8 Å². The van der Waals surface area contributed by atoms with Gasteiger partial charge >= 0.3 is 0 Å². The number of hydrogen-bond donors (Lipinski definition) is 0. The minimum atomic E-state index is -0.0342. The SMILES string of the molecule is CCC(=O)N(C(C)C1CCCN(CCc2ccccc2)C1)C12C=CC=CC1C2. The van der Waals surface area contributed by atoms with E-state index >= 15 is 0 Å². The summed E-state index contributed by atoms with van der Waals surface area (Å²) in [4.78, 5) is 17.9. The van der Waals surface area contributed by atoms with E-state index in [1.807, 2.05) is 6.92 Å². The molecule has 0 radical (unpaired) electrons. The minimum Gasteiger partial charge on any atom is -0.330 e. The van der Waals surface area contributed by atoms with Crippen molar-refractivity contribution in [2.75, 3.05) is 19.6 Å². The molecule has 0 aromatic heterocycles. The summed E-state index contributed by atoms with van der Waals surface area (Å²) >= 11 is 0. The van der Waals surface area contributed by atoms with E-state index in [2.05, 4.69) is 71.4 Å². The summed E-state index contributed by atoms with van der Waals surface area (Å²) in [7, 11) is 0. The number of allylic oxidation sites excluding steroid dienone is 2. The lowest BCUT2D eigenvalue weighted by Gasteiger charge is -2.44. The molecule has 4 atom stereocenters. The quantitative estimate of drug-likeness (QED) is 0.700. The summed E-state index contributed by atoms with van der Waals surface area (Å²) in [6.45, 7) is 7.72. The average Bonchev–Trinajstić information content (AvgIpc) is 3.48. The molecule has 1 aliphatic heterocycles. The fourth-order valence-corrected chi connectivity index (χ4v) is 5.34. The van der Waals surface area contributed by atoms with Gasteiger partial charge in [-0.1, -0.05) is 61.6 Å². The smallest absolute Gasteiger partial charge is 0.223 e. The topological polar surface area (TPSA) is 23.6 Å². The van der Waals surface area contributed by atoms with Crippen molar-refractivity contribution in [3.05, 3.63) is 60.2 Å². The van der Waals surface area contributed by atoms with Crippen LogP contribution in [0.2, 0.25) is 0 Å². The second-order valence-electron chi connectivity index (χ2n) is 8.84. The number of piperidine rings is 1.